The Morgan fingerprint density at radius 1 is 1.36 bits per heavy atom. The summed E-state index contributed by atoms with van der Waals surface area (Å²) < 4.78 is 6.37. The minimum Gasteiger partial charge on any atom is -0.507 e. The van der Waals surface area contributed by atoms with Crippen molar-refractivity contribution in [1.82, 2.24) is 9.78 Å². The van der Waals surface area contributed by atoms with Crippen LogP contribution < -0.4 is 5.32 Å². The molecule has 0 aliphatic rings. The van der Waals surface area contributed by atoms with Crippen LogP contribution in [0.15, 0.2) is 24.3 Å². The van der Waals surface area contributed by atoms with Gasteiger partial charge in [0, 0.05) is 7.05 Å². The van der Waals surface area contributed by atoms with E-state index in [9.17, 15) is 14.7 Å². The Bertz CT molecular complexity index is 722. The maximum atomic E-state index is 12.3. The number of ether oxygens (including phenoxy) is 1. The van der Waals surface area contributed by atoms with E-state index in [1.165, 1.54) is 16.8 Å². The van der Waals surface area contributed by atoms with E-state index in [0.29, 0.717) is 5.69 Å². The summed E-state index contributed by atoms with van der Waals surface area (Å²) in [6.07, 6.45) is 0. The number of carbonyl (C=O) groups is 2. The predicted octanol–water partition coefficient (Wildman–Crippen LogP) is 1.86. The van der Waals surface area contributed by atoms with Crippen molar-refractivity contribution in [2.24, 2.45) is 7.05 Å². The Morgan fingerprint density at radius 3 is 2.68 bits per heavy atom. The van der Waals surface area contributed by atoms with Gasteiger partial charge in [0.15, 0.2) is 0 Å². The quantitative estimate of drug-likeness (QED) is 0.841. The number of phenolic OH excluding ortho intramolecular Hbond substituents is 1. The van der Waals surface area contributed by atoms with Crippen molar-refractivity contribution in [3.8, 4) is 5.75 Å². The lowest BCUT2D eigenvalue weighted by molar-refractivity contribution is 0.0526. The third kappa shape index (κ3) is 2.93. The summed E-state index contributed by atoms with van der Waals surface area (Å²) in [6.45, 7) is 3.58. The van der Waals surface area contributed by atoms with Crippen LogP contribution in [0.5, 0.6) is 5.75 Å². The first-order valence-corrected chi connectivity index (χ1v) is 6.75. The number of nitrogens with one attached hydrogen (secondary N) is 1. The number of benzene rings is 1. The summed E-state index contributed by atoms with van der Waals surface area (Å²) in [5, 5.41) is 16.4. The molecule has 2 aromatic rings. The molecular weight excluding hydrogens is 286 g/mol. The first-order chi connectivity index (χ1) is 10.5. The average molecular weight is 303 g/mol. The van der Waals surface area contributed by atoms with Gasteiger partial charge in [0.2, 0.25) is 0 Å². The van der Waals surface area contributed by atoms with Crippen LogP contribution in [0.25, 0.3) is 0 Å². The molecule has 0 fully saturated rings. The lowest BCUT2D eigenvalue weighted by atomic mass is 10.2. The number of anilines is 1. The van der Waals surface area contributed by atoms with Crippen LogP contribution in [0.2, 0.25) is 0 Å². The lowest BCUT2D eigenvalue weighted by Crippen LogP contribution is -2.18. The van der Waals surface area contributed by atoms with Crippen LogP contribution in [0.3, 0.4) is 0 Å². The molecule has 2 N–H and O–H groups in total. The molecule has 0 atom stereocenters. The predicted molar refractivity (Wildman–Crippen MR) is 80.0 cm³/mol. The van der Waals surface area contributed by atoms with E-state index in [4.69, 9.17) is 4.74 Å². The van der Waals surface area contributed by atoms with Crippen molar-refractivity contribution in [3.05, 3.63) is 41.1 Å². The van der Waals surface area contributed by atoms with E-state index >= 15 is 0 Å². The molecule has 116 valence electrons. The molecule has 0 saturated carbocycles. The average Bonchev–Trinajstić information content (AvgIpc) is 2.74. The summed E-state index contributed by atoms with van der Waals surface area (Å²) in [5.74, 6) is -1.01. The third-order valence-corrected chi connectivity index (χ3v) is 3.08. The van der Waals surface area contributed by atoms with Crippen LogP contribution in [-0.2, 0) is 11.8 Å². The van der Waals surface area contributed by atoms with Gasteiger partial charge in [0.1, 0.15) is 17.1 Å². The van der Waals surface area contributed by atoms with E-state index < -0.39 is 11.9 Å². The number of aromatic hydroxyl groups is 1. The molecule has 0 aliphatic carbocycles. The Morgan fingerprint density at radius 2 is 2.05 bits per heavy atom. The largest absolute Gasteiger partial charge is 0.507 e. The summed E-state index contributed by atoms with van der Waals surface area (Å²) in [6, 6.07) is 6.15. The Hall–Kier alpha value is -2.83. The normalized spacial score (nSPS) is 10.3. The first-order valence-electron chi connectivity index (χ1n) is 6.75. The molecule has 0 saturated heterocycles. The number of phenols is 1. The fourth-order valence-corrected chi connectivity index (χ4v) is 2.09. The maximum absolute atomic E-state index is 12.3. The minimum atomic E-state index is -0.555. The van der Waals surface area contributed by atoms with Gasteiger partial charge in [-0.15, -0.1) is 0 Å². The van der Waals surface area contributed by atoms with E-state index in [-0.39, 0.29) is 29.3 Å². The number of amides is 1. The highest BCUT2D eigenvalue weighted by atomic mass is 16.5. The standard InChI is InChI=1S/C15H17N3O4/c1-4-22-15(21)12-9(2)17-18(3)13(12)16-14(20)10-7-5-6-8-11(10)19/h5-8,19H,4H2,1-3H3,(H,16,20). The minimum absolute atomic E-state index is 0.108. The summed E-state index contributed by atoms with van der Waals surface area (Å²) in [5.41, 5.74) is 0.762. The van der Waals surface area contributed by atoms with Crippen molar-refractivity contribution in [2.45, 2.75) is 13.8 Å². The van der Waals surface area contributed by atoms with Gasteiger partial charge < -0.3 is 15.2 Å². The number of carbonyl (C=O) groups excluding carboxylic acids is 2. The molecule has 7 heteroatoms. The molecule has 1 heterocycles. The molecule has 22 heavy (non-hydrogen) atoms. The molecule has 0 bridgehead atoms. The Labute approximate surface area is 127 Å². The van der Waals surface area contributed by atoms with Gasteiger partial charge in [0.25, 0.3) is 5.91 Å². The van der Waals surface area contributed by atoms with Crippen molar-refractivity contribution >= 4 is 17.7 Å². The molecule has 1 aromatic heterocycles. The molecule has 2 rings (SSSR count). The Balaban J connectivity index is 2.36. The van der Waals surface area contributed by atoms with E-state index in [2.05, 4.69) is 10.4 Å². The van der Waals surface area contributed by atoms with Gasteiger partial charge >= 0.3 is 5.97 Å². The number of hydrogen-bond acceptors (Lipinski definition) is 5. The first kappa shape index (κ1) is 15.6. The zero-order valence-electron chi connectivity index (χ0n) is 12.6. The van der Waals surface area contributed by atoms with Crippen LogP contribution in [0, 0.1) is 6.92 Å². The number of aromatic nitrogens is 2. The lowest BCUT2D eigenvalue weighted by Gasteiger charge is -2.09. The second-order valence-corrected chi connectivity index (χ2v) is 4.62. The summed E-state index contributed by atoms with van der Waals surface area (Å²) in [4.78, 5) is 24.3. The summed E-state index contributed by atoms with van der Waals surface area (Å²) >= 11 is 0. The molecule has 1 amide bonds. The van der Waals surface area contributed by atoms with Gasteiger partial charge in [-0.25, -0.2) is 4.79 Å². The molecule has 1 aromatic carbocycles. The van der Waals surface area contributed by atoms with Gasteiger partial charge in [-0.1, -0.05) is 12.1 Å². The second-order valence-electron chi connectivity index (χ2n) is 4.62. The third-order valence-electron chi connectivity index (χ3n) is 3.08. The maximum Gasteiger partial charge on any atom is 0.343 e. The highest BCUT2D eigenvalue weighted by Crippen LogP contribution is 2.22. The number of hydrogen-bond donors (Lipinski definition) is 2. The zero-order chi connectivity index (χ0) is 16.3. The van der Waals surface area contributed by atoms with Gasteiger partial charge in [-0.2, -0.15) is 5.10 Å². The monoisotopic (exact) mass is 303 g/mol. The highest BCUT2D eigenvalue weighted by Gasteiger charge is 2.23. The van der Waals surface area contributed by atoms with Gasteiger partial charge in [-0.05, 0) is 26.0 Å². The summed E-state index contributed by atoms with van der Waals surface area (Å²) in [7, 11) is 1.61. The Kier molecular flexibility index (Phi) is 4.45. The fraction of sp³-hybridized carbons (Fsp3) is 0.267. The molecule has 0 radical (unpaired) electrons. The number of nitrogens with zero attached hydrogens (tertiary/aromatic N) is 2. The van der Waals surface area contributed by atoms with Gasteiger partial charge in [0.05, 0.1) is 17.9 Å². The molecular formula is C15H17N3O4. The number of rotatable bonds is 4. The SMILES string of the molecule is CCOC(=O)c1c(C)nn(C)c1NC(=O)c1ccccc1O. The zero-order valence-corrected chi connectivity index (χ0v) is 12.6. The topological polar surface area (TPSA) is 93.5 Å². The fourth-order valence-electron chi connectivity index (χ4n) is 2.09. The van der Waals surface area contributed by atoms with E-state index in [1.807, 2.05) is 0 Å². The van der Waals surface area contributed by atoms with Gasteiger partial charge in [-0.3, -0.25) is 9.48 Å². The second kappa shape index (κ2) is 6.30. The molecule has 0 spiro atoms. The van der Waals surface area contributed by atoms with E-state index in [0.717, 1.165) is 0 Å². The number of para-hydroxylation sites is 1. The van der Waals surface area contributed by atoms with Crippen LogP contribution in [-0.4, -0.2) is 33.4 Å². The molecule has 0 unspecified atom stereocenters. The van der Waals surface area contributed by atoms with Crippen molar-refractivity contribution in [1.29, 1.82) is 0 Å². The molecule has 0 aliphatic heterocycles. The highest BCUT2D eigenvalue weighted by molar-refractivity contribution is 6.08. The van der Waals surface area contributed by atoms with Crippen LogP contribution >= 0.6 is 0 Å². The van der Waals surface area contributed by atoms with Crippen molar-refractivity contribution < 1.29 is 19.4 Å². The van der Waals surface area contributed by atoms with Crippen LogP contribution in [0.1, 0.15) is 33.3 Å². The van der Waals surface area contributed by atoms with E-state index in [1.54, 1.807) is 33.0 Å². The van der Waals surface area contributed by atoms with Crippen LogP contribution in [0.4, 0.5) is 5.82 Å². The smallest absolute Gasteiger partial charge is 0.343 e. The number of aryl methyl sites for hydroxylation is 2. The number of esters is 1. The van der Waals surface area contributed by atoms with Crippen molar-refractivity contribution in [3.63, 3.8) is 0 Å². The molecule has 7 nitrogen and oxygen atoms in total. The van der Waals surface area contributed by atoms with Crippen molar-refractivity contribution in [2.75, 3.05) is 11.9 Å².